The average Bonchev–Trinajstić information content (AvgIpc) is 2.72. The molecule has 0 fully saturated rings. The molecule has 0 aliphatic rings. The quantitative estimate of drug-likeness (QED) is 0.876. The van der Waals surface area contributed by atoms with Crippen molar-refractivity contribution in [1.29, 1.82) is 0 Å². The Morgan fingerprint density at radius 2 is 1.95 bits per heavy atom. The Bertz CT molecular complexity index is 594. The van der Waals surface area contributed by atoms with Crippen LogP contribution in [0.3, 0.4) is 0 Å². The first-order valence-electron chi connectivity index (χ1n) is 4.94. The third kappa shape index (κ3) is 2.84. The van der Waals surface area contributed by atoms with Gasteiger partial charge >= 0.3 is 6.18 Å². The molecule has 0 aliphatic heterocycles. The third-order valence-corrected chi connectivity index (χ3v) is 2.01. The normalized spacial score (nSPS) is 11.4. The number of hydrogen-bond acceptors (Lipinski definition) is 5. The molecule has 1 N–H and O–H groups in total. The van der Waals surface area contributed by atoms with Crippen LogP contribution in [0.4, 0.5) is 19.1 Å². The first-order valence-corrected chi connectivity index (χ1v) is 4.94. The molecular formula is C9H7F3N6O. The van der Waals surface area contributed by atoms with Crippen LogP contribution in [0.15, 0.2) is 18.5 Å². The van der Waals surface area contributed by atoms with Crippen LogP contribution in [0, 0.1) is 0 Å². The monoisotopic (exact) mass is 272 g/mol. The van der Waals surface area contributed by atoms with Gasteiger partial charge in [0.25, 0.3) is 11.7 Å². The molecule has 2 aromatic rings. The minimum absolute atomic E-state index is 0.181. The van der Waals surface area contributed by atoms with E-state index in [9.17, 15) is 18.0 Å². The summed E-state index contributed by atoms with van der Waals surface area (Å²) in [5.41, 5.74) is 0. The molecule has 10 heteroatoms. The second-order valence-corrected chi connectivity index (χ2v) is 3.41. The predicted octanol–water partition coefficient (Wildman–Crippen LogP) is 0.876. The maximum absolute atomic E-state index is 12.4. The summed E-state index contributed by atoms with van der Waals surface area (Å²) in [7, 11) is 1.23. The number of nitrogens with one attached hydrogen (secondary N) is 1. The number of carbonyl (C=O) groups excluding carboxylic acids is 1. The predicted molar refractivity (Wildman–Crippen MR) is 56.0 cm³/mol. The number of aromatic nitrogens is 5. The molecule has 0 bridgehead atoms. The van der Waals surface area contributed by atoms with E-state index in [1.165, 1.54) is 25.5 Å². The second kappa shape index (κ2) is 4.63. The van der Waals surface area contributed by atoms with E-state index in [-0.39, 0.29) is 11.8 Å². The van der Waals surface area contributed by atoms with Gasteiger partial charge in [0.2, 0.25) is 11.8 Å². The average molecular weight is 272 g/mol. The molecule has 0 saturated heterocycles. The van der Waals surface area contributed by atoms with E-state index in [0.717, 1.165) is 4.68 Å². The fourth-order valence-corrected chi connectivity index (χ4v) is 1.19. The second-order valence-electron chi connectivity index (χ2n) is 3.41. The van der Waals surface area contributed by atoms with Gasteiger partial charge in [0.1, 0.15) is 0 Å². The Balaban J connectivity index is 2.21. The Morgan fingerprint density at radius 3 is 2.47 bits per heavy atom. The highest BCUT2D eigenvalue weighted by molar-refractivity contribution is 6.00. The van der Waals surface area contributed by atoms with Gasteiger partial charge < -0.3 is 0 Å². The molecule has 2 rings (SSSR count). The SMILES string of the molecule is Cn1nc(C(F)(F)F)nc1NC(=O)c1ncccn1. The topological polar surface area (TPSA) is 85.6 Å². The maximum atomic E-state index is 12.4. The van der Waals surface area contributed by atoms with Gasteiger partial charge in [0, 0.05) is 19.4 Å². The minimum atomic E-state index is -4.68. The smallest absolute Gasteiger partial charge is 0.288 e. The highest BCUT2D eigenvalue weighted by Crippen LogP contribution is 2.26. The summed E-state index contributed by atoms with van der Waals surface area (Å²) in [5, 5.41) is 5.30. The number of alkyl halides is 3. The van der Waals surface area contributed by atoms with Gasteiger partial charge in [-0.05, 0) is 6.07 Å². The van der Waals surface area contributed by atoms with E-state index in [2.05, 4.69) is 25.4 Å². The van der Waals surface area contributed by atoms with Gasteiger partial charge in [-0.1, -0.05) is 0 Å². The molecule has 2 aromatic heterocycles. The Kier molecular flexibility index (Phi) is 3.15. The molecule has 0 unspecified atom stereocenters. The third-order valence-electron chi connectivity index (χ3n) is 2.01. The lowest BCUT2D eigenvalue weighted by Gasteiger charge is -2.01. The minimum Gasteiger partial charge on any atom is -0.288 e. The molecule has 0 spiro atoms. The van der Waals surface area contributed by atoms with Crippen molar-refractivity contribution in [1.82, 2.24) is 24.7 Å². The Morgan fingerprint density at radius 1 is 1.32 bits per heavy atom. The zero-order valence-corrected chi connectivity index (χ0v) is 9.51. The number of halogens is 3. The molecule has 100 valence electrons. The van der Waals surface area contributed by atoms with Crippen LogP contribution in [0.5, 0.6) is 0 Å². The van der Waals surface area contributed by atoms with Crippen molar-refractivity contribution in [3.63, 3.8) is 0 Å². The van der Waals surface area contributed by atoms with E-state index < -0.39 is 17.9 Å². The lowest BCUT2D eigenvalue weighted by molar-refractivity contribution is -0.144. The molecule has 0 aliphatic carbocycles. The van der Waals surface area contributed by atoms with Crippen LogP contribution in [0.2, 0.25) is 0 Å². The van der Waals surface area contributed by atoms with E-state index in [1.807, 2.05) is 0 Å². The van der Waals surface area contributed by atoms with Crippen molar-refractivity contribution in [3.05, 3.63) is 30.1 Å². The number of aryl methyl sites for hydroxylation is 1. The summed E-state index contributed by atoms with van der Waals surface area (Å²) in [5.74, 6) is -2.63. The molecule has 0 radical (unpaired) electrons. The summed E-state index contributed by atoms with van der Waals surface area (Å²) in [4.78, 5) is 22.1. The zero-order valence-electron chi connectivity index (χ0n) is 9.51. The van der Waals surface area contributed by atoms with Crippen molar-refractivity contribution in [2.24, 2.45) is 7.05 Å². The molecule has 0 aromatic carbocycles. The van der Waals surface area contributed by atoms with Gasteiger partial charge in [0.05, 0.1) is 0 Å². The van der Waals surface area contributed by atoms with Crippen molar-refractivity contribution in [2.45, 2.75) is 6.18 Å². The molecule has 1 amide bonds. The Hall–Kier alpha value is -2.52. The van der Waals surface area contributed by atoms with Gasteiger partial charge in [-0.2, -0.15) is 18.2 Å². The summed E-state index contributed by atoms with van der Waals surface area (Å²) in [6.45, 7) is 0. The lowest BCUT2D eigenvalue weighted by atomic mass is 10.5. The summed E-state index contributed by atoms with van der Waals surface area (Å²) < 4.78 is 37.9. The fraction of sp³-hybridized carbons (Fsp3) is 0.222. The fourth-order valence-electron chi connectivity index (χ4n) is 1.19. The zero-order chi connectivity index (χ0) is 14.0. The van der Waals surface area contributed by atoms with Crippen LogP contribution < -0.4 is 5.32 Å². The van der Waals surface area contributed by atoms with E-state index >= 15 is 0 Å². The van der Waals surface area contributed by atoms with Crippen molar-refractivity contribution in [2.75, 3.05) is 5.32 Å². The molecule has 2 heterocycles. The van der Waals surface area contributed by atoms with Crippen molar-refractivity contribution < 1.29 is 18.0 Å². The molecule has 19 heavy (non-hydrogen) atoms. The number of amides is 1. The largest absolute Gasteiger partial charge is 0.453 e. The number of nitrogens with zero attached hydrogens (tertiary/aromatic N) is 5. The lowest BCUT2D eigenvalue weighted by Crippen LogP contribution is -2.17. The summed E-state index contributed by atoms with van der Waals surface area (Å²) in [6.07, 6.45) is -2.01. The van der Waals surface area contributed by atoms with Crippen LogP contribution >= 0.6 is 0 Å². The summed E-state index contributed by atoms with van der Waals surface area (Å²) in [6, 6.07) is 1.50. The summed E-state index contributed by atoms with van der Waals surface area (Å²) >= 11 is 0. The van der Waals surface area contributed by atoms with Crippen LogP contribution in [-0.4, -0.2) is 30.6 Å². The first kappa shape index (κ1) is 12.9. The number of rotatable bonds is 2. The van der Waals surface area contributed by atoms with Crippen molar-refractivity contribution in [3.8, 4) is 0 Å². The highest BCUT2D eigenvalue weighted by atomic mass is 19.4. The Labute approximate surface area is 104 Å². The molecular weight excluding hydrogens is 265 g/mol. The highest BCUT2D eigenvalue weighted by Gasteiger charge is 2.37. The van der Waals surface area contributed by atoms with Crippen LogP contribution in [-0.2, 0) is 13.2 Å². The van der Waals surface area contributed by atoms with Crippen LogP contribution in [0.25, 0.3) is 0 Å². The number of anilines is 1. The molecule has 0 atom stereocenters. The molecule has 7 nitrogen and oxygen atoms in total. The van der Waals surface area contributed by atoms with E-state index in [0.29, 0.717) is 0 Å². The maximum Gasteiger partial charge on any atom is 0.453 e. The van der Waals surface area contributed by atoms with Crippen LogP contribution in [0.1, 0.15) is 16.4 Å². The molecule has 0 saturated carbocycles. The van der Waals surface area contributed by atoms with Gasteiger partial charge in [-0.15, -0.1) is 5.10 Å². The van der Waals surface area contributed by atoms with Gasteiger partial charge in [-0.25, -0.2) is 14.6 Å². The van der Waals surface area contributed by atoms with E-state index in [1.54, 1.807) is 0 Å². The van der Waals surface area contributed by atoms with E-state index in [4.69, 9.17) is 0 Å². The van der Waals surface area contributed by atoms with Gasteiger partial charge in [0.15, 0.2) is 0 Å². The first-order chi connectivity index (χ1) is 8.88. The number of carbonyl (C=O) groups is 1. The van der Waals surface area contributed by atoms with Gasteiger partial charge in [-0.3, -0.25) is 10.1 Å². The standard InChI is InChI=1S/C9H7F3N6O/c1-18-8(16-7(17-18)9(10,11)12)15-6(19)5-13-3-2-4-14-5/h2-4H,1H3,(H,15,16,17,19). The van der Waals surface area contributed by atoms with Crippen molar-refractivity contribution >= 4 is 11.9 Å². The number of hydrogen-bond donors (Lipinski definition) is 1.